The third-order valence-corrected chi connectivity index (χ3v) is 3.60. The molecule has 0 aliphatic carbocycles. The van der Waals surface area contributed by atoms with Crippen molar-refractivity contribution in [2.24, 2.45) is 5.92 Å². The summed E-state index contributed by atoms with van der Waals surface area (Å²) in [6.45, 7) is 3.63. The molecule has 1 fully saturated rings. The second-order valence-electron chi connectivity index (χ2n) is 5.38. The number of likely N-dealkylation sites (tertiary alicyclic amines) is 1. The van der Waals surface area contributed by atoms with Gasteiger partial charge in [0.1, 0.15) is 5.82 Å². The largest absolute Gasteiger partial charge is 0.466 e. The van der Waals surface area contributed by atoms with Gasteiger partial charge in [-0.25, -0.2) is 4.39 Å². The van der Waals surface area contributed by atoms with Gasteiger partial charge >= 0.3 is 5.97 Å². The molecule has 1 heterocycles. The van der Waals surface area contributed by atoms with E-state index in [1.807, 2.05) is 4.90 Å². The lowest BCUT2D eigenvalue weighted by molar-refractivity contribution is -0.150. The molecule has 0 bridgehead atoms. The number of hydrogen-bond donors (Lipinski definition) is 1. The number of halogens is 1. The highest BCUT2D eigenvalue weighted by molar-refractivity contribution is 5.92. The number of piperidine rings is 1. The summed E-state index contributed by atoms with van der Waals surface area (Å²) >= 11 is 0. The van der Waals surface area contributed by atoms with E-state index in [9.17, 15) is 14.0 Å². The van der Waals surface area contributed by atoms with Crippen LogP contribution in [-0.4, -0.2) is 43.0 Å². The maximum Gasteiger partial charge on any atom is 0.310 e. The number of benzene rings is 1. The molecule has 120 valence electrons. The number of hydrogen-bond acceptors (Lipinski definition) is 4. The number of carbonyl (C=O) groups is 2. The van der Waals surface area contributed by atoms with E-state index in [4.69, 9.17) is 4.74 Å². The lowest BCUT2D eigenvalue weighted by Crippen LogP contribution is -2.43. The molecule has 1 aromatic carbocycles. The van der Waals surface area contributed by atoms with Crippen molar-refractivity contribution in [1.29, 1.82) is 0 Å². The van der Waals surface area contributed by atoms with Gasteiger partial charge in [-0.15, -0.1) is 0 Å². The molecule has 22 heavy (non-hydrogen) atoms. The van der Waals surface area contributed by atoms with Crippen molar-refractivity contribution in [3.8, 4) is 0 Å². The van der Waals surface area contributed by atoms with E-state index in [1.54, 1.807) is 19.1 Å². The number of nitrogens with one attached hydrogen (secondary N) is 1. The summed E-state index contributed by atoms with van der Waals surface area (Å²) < 4.78 is 18.1. The number of nitrogens with zero attached hydrogens (tertiary/aromatic N) is 1. The Labute approximate surface area is 129 Å². The van der Waals surface area contributed by atoms with Crippen molar-refractivity contribution in [2.45, 2.75) is 19.8 Å². The Kier molecular flexibility index (Phi) is 5.89. The van der Waals surface area contributed by atoms with Crippen LogP contribution in [0, 0.1) is 11.7 Å². The number of anilines is 1. The molecule has 2 rings (SSSR count). The number of esters is 1. The van der Waals surface area contributed by atoms with Crippen molar-refractivity contribution in [1.82, 2.24) is 4.90 Å². The third-order valence-electron chi connectivity index (χ3n) is 3.60. The number of rotatable bonds is 5. The fourth-order valence-corrected chi connectivity index (χ4v) is 2.62. The Morgan fingerprint density at radius 1 is 1.45 bits per heavy atom. The van der Waals surface area contributed by atoms with Crippen LogP contribution in [0.25, 0.3) is 0 Å². The standard InChI is InChI=1S/C16H21FN2O3/c1-2-22-16(21)12-5-4-8-19(10-12)11-15(20)18-14-7-3-6-13(17)9-14/h3,6-7,9,12H,2,4-5,8,10-11H2,1H3,(H,18,20)/t12-/m1/s1. The topological polar surface area (TPSA) is 58.6 Å². The summed E-state index contributed by atoms with van der Waals surface area (Å²) in [6.07, 6.45) is 1.65. The number of amides is 1. The van der Waals surface area contributed by atoms with E-state index < -0.39 is 5.82 Å². The molecular formula is C16H21FN2O3. The molecule has 1 N–H and O–H groups in total. The Bertz CT molecular complexity index is 536. The van der Waals surface area contributed by atoms with Gasteiger partial charge in [0, 0.05) is 12.2 Å². The predicted octanol–water partition coefficient (Wildman–Crippen LogP) is 2.04. The quantitative estimate of drug-likeness (QED) is 0.846. The molecule has 1 atom stereocenters. The first kappa shape index (κ1) is 16.4. The lowest BCUT2D eigenvalue weighted by Gasteiger charge is -2.30. The molecule has 1 saturated heterocycles. The average Bonchev–Trinajstić information content (AvgIpc) is 2.47. The van der Waals surface area contributed by atoms with Crippen molar-refractivity contribution in [3.63, 3.8) is 0 Å². The molecule has 1 aliphatic rings. The highest BCUT2D eigenvalue weighted by atomic mass is 19.1. The molecule has 0 saturated carbocycles. The first-order chi connectivity index (χ1) is 10.6. The van der Waals surface area contributed by atoms with Crippen molar-refractivity contribution in [2.75, 3.05) is 31.6 Å². The maximum absolute atomic E-state index is 13.1. The van der Waals surface area contributed by atoms with Gasteiger partial charge in [-0.2, -0.15) is 0 Å². The molecule has 5 nitrogen and oxygen atoms in total. The van der Waals surface area contributed by atoms with Gasteiger partial charge in [0.05, 0.1) is 19.1 Å². The minimum absolute atomic E-state index is 0.171. The van der Waals surface area contributed by atoms with Crippen molar-refractivity contribution >= 4 is 17.6 Å². The molecular weight excluding hydrogens is 287 g/mol. The Morgan fingerprint density at radius 3 is 3.00 bits per heavy atom. The Morgan fingerprint density at radius 2 is 2.27 bits per heavy atom. The zero-order valence-corrected chi connectivity index (χ0v) is 12.7. The molecule has 0 unspecified atom stereocenters. The first-order valence-electron chi connectivity index (χ1n) is 7.53. The number of carbonyl (C=O) groups excluding carboxylic acids is 2. The van der Waals surface area contributed by atoms with Crippen LogP contribution < -0.4 is 5.32 Å². The SMILES string of the molecule is CCOC(=O)[C@@H]1CCCN(CC(=O)Nc2cccc(F)c2)C1. The fourth-order valence-electron chi connectivity index (χ4n) is 2.62. The van der Waals surface area contributed by atoms with Crippen LogP contribution in [-0.2, 0) is 14.3 Å². The van der Waals surface area contributed by atoms with E-state index in [0.29, 0.717) is 18.8 Å². The van der Waals surface area contributed by atoms with E-state index in [2.05, 4.69) is 5.32 Å². The van der Waals surface area contributed by atoms with Crippen LogP contribution in [0.3, 0.4) is 0 Å². The highest BCUT2D eigenvalue weighted by Crippen LogP contribution is 2.18. The van der Waals surface area contributed by atoms with Gasteiger partial charge in [0.25, 0.3) is 0 Å². The molecule has 1 aromatic rings. The van der Waals surface area contributed by atoms with E-state index in [1.165, 1.54) is 12.1 Å². The van der Waals surface area contributed by atoms with Gasteiger partial charge in [-0.05, 0) is 44.5 Å². The normalized spacial score (nSPS) is 18.7. The minimum Gasteiger partial charge on any atom is -0.466 e. The van der Waals surface area contributed by atoms with E-state index >= 15 is 0 Å². The zero-order valence-electron chi connectivity index (χ0n) is 12.7. The molecule has 0 spiro atoms. The van der Waals surface area contributed by atoms with Gasteiger partial charge < -0.3 is 10.1 Å². The van der Waals surface area contributed by atoms with Crippen molar-refractivity contribution in [3.05, 3.63) is 30.1 Å². The second-order valence-corrected chi connectivity index (χ2v) is 5.38. The van der Waals surface area contributed by atoms with Crippen LogP contribution in [0.5, 0.6) is 0 Å². The van der Waals surface area contributed by atoms with E-state index in [0.717, 1.165) is 19.4 Å². The zero-order chi connectivity index (χ0) is 15.9. The summed E-state index contributed by atoms with van der Waals surface area (Å²) in [4.78, 5) is 25.7. The van der Waals surface area contributed by atoms with E-state index in [-0.39, 0.29) is 24.3 Å². The minimum atomic E-state index is -0.391. The van der Waals surface area contributed by atoms with Crippen LogP contribution in [0.2, 0.25) is 0 Å². The second kappa shape index (κ2) is 7.89. The highest BCUT2D eigenvalue weighted by Gasteiger charge is 2.27. The summed E-state index contributed by atoms with van der Waals surface area (Å²) in [7, 11) is 0. The van der Waals surface area contributed by atoms with Crippen LogP contribution in [0.1, 0.15) is 19.8 Å². The van der Waals surface area contributed by atoms with Gasteiger partial charge in [0.2, 0.25) is 5.91 Å². The summed E-state index contributed by atoms with van der Waals surface area (Å²) in [5, 5.41) is 2.66. The third kappa shape index (κ3) is 4.80. The predicted molar refractivity (Wildman–Crippen MR) is 80.8 cm³/mol. The first-order valence-corrected chi connectivity index (χ1v) is 7.53. The summed E-state index contributed by atoms with van der Waals surface area (Å²) in [5.41, 5.74) is 0.434. The monoisotopic (exact) mass is 308 g/mol. The van der Waals surface area contributed by atoms with Crippen LogP contribution in [0.4, 0.5) is 10.1 Å². The lowest BCUT2D eigenvalue weighted by atomic mass is 9.98. The van der Waals surface area contributed by atoms with Crippen molar-refractivity contribution < 1.29 is 18.7 Å². The molecule has 6 heteroatoms. The van der Waals surface area contributed by atoms with Crippen LogP contribution in [0.15, 0.2) is 24.3 Å². The molecule has 1 amide bonds. The maximum atomic E-state index is 13.1. The van der Waals surface area contributed by atoms with Gasteiger partial charge in [-0.1, -0.05) is 6.07 Å². The number of ether oxygens (including phenoxy) is 1. The summed E-state index contributed by atoms with van der Waals surface area (Å²) in [5.74, 6) is -0.971. The molecule has 0 aromatic heterocycles. The molecule has 0 radical (unpaired) electrons. The fraction of sp³-hybridized carbons (Fsp3) is 0.500. The van der Waals surface area contributed by atoms with Gasteiger partial charge in [-0.3, -0.25) is 14.5 Å². The smallest absolute Gasteiger partial charge is 0.310 e. The van der Waals surface area contributed by atoms with Crippen LogP contribution >= 0.6 is 0 Å². The average molecular weight is 308 g/mol. The Balaban J connectivity index is 1.84. The molecule has 1 aliphatic heterocycles. The summed E-state index contributed by atoms with van der Waals surface area (Å²) in [6, 6.07) is 5.78. The van der Waals surface area contributed by atoms with Gasteiger partial charge in [0.15, 0.2) is 0 Å². The Hall–Kier alpha value is -1.95.